The maximum atomic E-state index is 14.5. The highest BCUT2D eigenvalue weighted by molar-refractivity contribution is 6.06. The van der Waals surface area contributed by atoms with Gasteiger partial charge in [-0.25, -0.2) is 9.69 Å². The molecule has 0 aliphatic carbocycles. The summed E-state index contributed by atoms with van der Waals surface area (Å²) in [6.45, 7) is 1.75. The predicted octanol–water partition coefficient (Wildman–Crippen LogP) is 4.17. The lowest BCUT2D eigenvalue weighted by Crippen LogP contribution is -2.64. The first-order chi connectivity index (χ1) is 13.2. The Balaban J connectivity index is 2.07. The Bertz CT molecular complexity index is 1050. The third-order valence-corrected chi connectivity index (χ3v) is 5.13. The van der Waals surface area contributed by atoms with Gasteiger partial charge in [-0.15, -0.1) is 0 Å². The molecule has 1 N–H and O–H groups in total. The Kier molecular flexibility index (Phi) is 3.69. The molecule has 2 aromatic carbocycles. The number of anilines is 2. The second-order valence-corrected chi connectivity index (χ2v) is 6.74. The number of nitrogens with zero attached hydrogens (tertiary/aromatic N) is 3. The molecule has 1 atom stereocenters. The zero-order valence-electron chi connectivity index (χ0n) is 15.0. The Morgan fingerprint density at radius 3 is 2.25 bits per heavy atom. The number of urea groups is 1. The van der Waals surface area contributed by atoms with Gasteiger partial charge in [-0.1, -0.05) is 42.0 Å². The van der Waals surface area contributed by atoms with E-state index in [1.165, 1.54) is 29.2 Å². The Hall–Kier alpha value is -3.47. The van der Waals surface area contributed by atoms with Crippen LogP contribution in [0, 0.1) is 18.3 Å². The van der Waals surface area contributed by atoms with Crippen LogP contribution in [-0.2, 0) is 5.54 Å². The van der Waals surface area contributed by atoms with Crippen LogP contribution in [0.2, 0.25) is 0 Å². The van der Waals surface area contributed by atoms with Gasteiger partial charge in [-0.2, -0.15) is 18.4 Å². The number of carbonyl (C=O) groups is 1. The molecule has 0 saturated carbocycles. The molecule has 0 radical (unpaired) electrons. The maximum absolute atomic E-state index is 14.5. The van der Waals surface area contributed by atoms with Crippen molar-refractivity contribution in [2.45, 2.75) is 18.6 Å². The molecule has 2 aliphatic heterocycles. The SMILES string of the molecule is Cc1ccc(C2(C(F)(F)F)NC(=O)N3C(=C2C#N)N(C)c2ccccc23)cc1. The molecule has 0 spiro atoms. The normalized spacial score (nSPS) is 21.2. The molecule has 1 unspecified atom stereocenters. The fraction of sp³-hybridized carbons (Fsp3) is 0.200. The predicted molar refractivity (Wildman–Crippen MR) is 97.4 cm³/mol. The molecule has 8 heteroatoms. The zero-order chi connectivity index (χ0) is 20.3. The van der Waals surface area contributed by atoms with E-state index < -0.39 is 23.3 Å². The van der Waals surface area contributed by atoms with Crippen LogP contribution >= 0.6 is 0 Å². The van der Waals surface area contributed by atoms with Crippen molar-refractivity contribution in [3.8, 4) is 6.07 Å². The maximum Gasteiger partial charge on any atom is 0.421 e. The first kappa shape index (κ1) is 17.9. The molecule has 4 rings (SSSR count). The average Bonchev–Trinajstić information content (AvgIpc) is 2.95. The van der Waals surface area contributed by atoms with Gasteiger partial charge in [0, 0.05) is 7.05 Å². The van der Waals surface area contributed by atoms with E-state index in [9.17, 15) is 23.2 Å². The van der Waals surface area contributed by atoms with Crippen molar-refractivity contribution >= 4 is 17.4 Å². The number of benzene rings is 2. The summed E-state index contributed by atoms with van der Waals surface area (Å²) in [6, 6.07) is 13.1. The zero-order valence-corrected chi connectivity index (χ0v) is 15.0. The lowest BCUT2D eigenvalue weighted by molar-refractivity contribution is -0.184. The summed E-state index contributed by atoms with van der Waals surface area (Å²) in [7, 11) is 1.54. The molecule has 0 saturated heterocycles. The molecule has 2 amide bonds. The second-order valence-electron chi connectivity index (χ2n) is 6.74. The third kappa shape index (κ3) is 2.16. The summed E-state index contributed by atoms with van der Waals surface area (Å²) in [5, 5.41) is 11.9. The number of para-hydroxylation sites is 2. The molecular formula is C20H15F3N4O. The number of amides is 2. The van der Waals surface area contributed by atoms with Crippen LogP contribution in [0.4, 0.5) is 29.3 Å². The molecule has 0 fully saturated rings. The second kappa shape index (κ2) is 5.76. The van der Waals surface area contributed by atoms with Gasteiger partial charge in [-0.3, -0.25) is 0 Å². The van der Waals surface area contributed by atoms with Gasteiger partial charge in [0.25, 0.3) is 0 Å². The van der Waals surface area contributed by atoms with E-state index in [-0.39, 0.29) is 11.4 Å². The summed E-state index contributed by atoms with van der Waals surface area (Å²) in [6.07, 6.45) is -4.93. The highest BCUT2D eigenvalue weighted by Crippen LogP contribution is 2.52. The van der Waals surface area contributed by atoms with Crippen LogP contribution in [0.1, 0.15) is 11.1 Å². The van der Waals surface area contributed by atoms with Crippen molar-refractivity contribution in [3.63, 3.8) is 0 Å². The van der Waals surface area contributed by atoms with Gasteiger partial charge in [-0.05, 0) is 24.6 Å². The molecule has 5 nitrogen and oxygen atoms in total. The number of rotatable bonds is 1. The fourth-order valence-corrected chi connectivity index (χ4v) is 3.78. The molecule has 0 bridgehead atoms. The number of nitriles is 1. The van der Waals surface area contributed by atoms with E-state index in [1.54, 1.807) is 44.3 Å². The van der Waals surface area contributed by atoms with E-state index in [2.05, 4.69) is 5.32 Å². The van der Waals surface area contributed by atoms with Crippen LogP contribution in [0.25, 0.3) is 0 Å². The monoisotopic (exact) mass is 384 g/mol. The minimum absolute atomic E-state index is 0.0923. The summed E-state index contributed by atoms with van der Waals surface area (Å²) >= 11 is 0. The summed E-state index contributed by atoms with van der Waals surface area (Å²) < 4.78 is 43.4. The van der Waals surface area contributed by atoms with Crippen molar-refractivity contribution in [1.82, 2.24) is 5.32 Å². The number of hydrogen-bond acceptors (Lipinski definition) is 3. The summed E-state index contributed by atoms with van der Waals surface area (Å²) in [5.41, 5.74) is -2.00. The van der Waals surface area contributed by atoms with Gasteiger partial charge in [0.15, 0.2) is 0 Å². The minimum atomic E-state index is -4.93. The Labute approximate surface area is 159 Å². The number of alkyl halides is 3. The number of aryl methyl sites for hydroxylation is 1. The van der Waals surface area contributed by atoms with Crippen molar-refractivity contribution in [2.75, 3.05) is 16.8 Å². The third-order valence-electron chi connectivity index (χ3n) is 5.13. The molecule has 28 heavy (non-hydrogen) atoms. The lowest BCUT2D eigenvalue weighted by Gasteiger charge is -2.43. The first-order valence-electron chi connectivity index (χ1n) is 8.46. The largest absolute Gasteiger partial charge is 0.421 e. The molecule has 142 valence electrons. The van der Waals surface area contributed by atoms with Gasteiger partial charge in [0.05, 0.1) is 11.4 Å². The number of nitrogens with one attached hydrogen (secondary N) is 1. The smallest absolute Gasteiger partial charge is 0.328 e. The van der Waals surface area contributed by atoms with Gasteiger partial charge >= 0.3 is 12.2 Å². The molecule has 0 aromatic heterocycles. The molecule has 2 aliphatic rings. The van der Waals surface area contributed by atoms with Crippen molar-refractivity contribution in [3.05, 3.63) is 71.1 Å². The quantitative estimate of drug-likeness (QED) is 0.803. The van der Waals surface area contributed by atoms with Crippen LogP contribution in [0.15, 0.2) is 59.9 Å². The molecule has 2 heterocycles. The highest BCUT2D eigenvalue weighted by Gasteiger charge is 2.65. The van der Waals surface area contributed by atoms with Crippen LogP contribution in [0.3, 0.4) is 0 Å². The lowest BCUT2D eigenvalue weighted by atomic mass is 9.80. The Morgan fingerprint density at radius 2 is 1.68 bits per heavy atom. The summed E-state index contributed by atoms with van der Waals surface area (Å²) in [5.74, 6) is -0.0923. The van der Waals surface area contributed by atoms with Gasteiger partial charge in [0.1, 0.15) is 17.5 Å². The number of fused-ring (bicyclic) bond motifs is 3. The number of halogens is 3. The van der Waals surface area contributed by atoms with E-state index in [4.69, 9.17) is 0 Å². The van der Waals surface area contributed by atoms with Gasteiger partial charge in [0.2, 0.25) is 5.54 Å². The average molecular weight is 384 g/mol. The van der Waals surface area contributed by atoms with Crippen molar-refractivity contribution in [1.29, 1.82) is 5.26 Å². The van der Waals surface area contributed by atoms with Gasteiger partial charge < -0.3 is 10.2 Å². The van der Waals surface area contributed by atoms with E-state index in [1.807, 2.05) is 0 Å². The summed E-state index contributed by atoms with van der Waals surface area (Å²) in [4.78, 5) is 15.5. The highest BCUT2D eigenvalue weighted by atomic mass is 19.4. The van der Waals surface area contributed by atoms with Crippen molar-refractivity contribution < 1.29 is 18.0 Å². The van der Waals surface area contributed by atoms with E-state index >= 15 is 0 Å². The van der Waals surface area contributed by atoms with E-state index in [0.29, 0.717) is 11.4 Å². The fourth-order valence-electron chi connectivity index (χ4n) is 3.78. The Morgan fingerprint density at radius 1 is 1.07 bits per heavy atom. The number of carbonyl (C=O) groups excluding carboxylic acids is 1. The number of hydrogen-bond donors (Lipinski definition) is 1. The topological polar surface area (TPSA) is 59.4 Å². The van der Waals surface area contributed by atoms with Crippen molar-refractivity contribution in [2.24, 2.45) is 0 Å². The van der Waals surface area contributed by atoms with Crippen LogP contribution < -0.4 is 15.1 Å². The van der Waals surface area contributed by atoms with E-state index in [0.717, 1.165) is 10.5 Å². The van der Waals surface area contributed by atoms with Crippen LogP contribution in [-0.4, -0.2) is 19.3 Å². The van der Waals surface area contributed by atoms with Crippen LogP contribution in [0.5, 0.6) is 0 Å². The minimum Gasteiger partial charge on any atom is -0.328 e. The standard InChI is InChI=1S/C20H15F3N4O/c1-12-7-9-13(10-8-12)19(20(21,22)23)14(11-24)17-26(2)15-5-3-4-6-16(15)27(17)18(28)25-19/h3-10H,1-2H3,(H,25,28). The molecule has 2 aromatic rings. The molecular weight excluding hydrogens is 369 g/mol. The first-order valence-corrected chi connectivity index (χ1v) is 8.46.